The topological polar surface area (TPSA) is 64.4 Å². The molecule has 1 N–H and O–H groups in total. The van der Waals surface area contributed by atoms with Crippen LogP contribution in [0.2, 0.25) is 0 Å². The molecule has 0 aliphatic heterocycles. The fraction of sp³-hybridized carbons (Fsp3) is 0.429. The summed E-state index contributed by atoms with van der Waals surface area (Å²) in [6, 6.07) is 4.98. The van der Waals surface area contributed by atoms with E-state index in [0.717, 1.165) is 11.1 Å². The van der Waals surface area contributed by atoms with Crippen LogP contribution < -0.4 is 10.1 Å². The first-order valence-electron chi connectivity index (χ1n) is 6.18. The van der Waals surface area contributed by atoms with E-state index in [1.54, 1.807) is 6.07 Å². The van der Waals surface area contributed by atoms with Crippen LogP contribution in [0.3, 0.4) is 0 Å². The predicted molar refractivity (Wildman–Crippen MR) is 75.6 cm³/mol. The lowest BCUT2D eigenvalue weighted by molar-refractivity contribution is -0.384. The molecule has 1 aromatic carbocycles. The predicted octanol–water partition coefficient (Wildman–Crippen LogP) is 2.84. The summed E-state index contributed by atoms with van der Waals surface area (Å²) in [6.07, 6.45) is 0. The molecule has 0 fully saturated rings. The van der Waals surface area contributed by atoms with Crippen molar-refractivity contribution < 1.29 is 9.66 Å². The molecule has 1 rings (SSSR count). The molecule has 0 saturated heterocycles. The summed E-state index contributed by atoms with van der Waals surface area (Å²) in [5.74, 6) is 0.528. The normalized spacial score (nSPS) is 10.5. The fourth-order valence-electron chi connectivity index (χ4n) is 1.44. The van der Waals surface area contributed by atoms with Crippen molar-refractivity contribution in [2.45, 2.75) is 26.8 Å². The molecule has 0 heterocycles. The minimum absolute atomic E-state index is 0.0338. The van der Waals surface area contributed by atoms with Crippen LogP contribution in [-0.4, -0.2) is 24.1 Å². The third-order valence-electron chi connectivity index (χ3n) is 2.57. The zero-order chi connectivity index (χ0) is 14.4. The standard InChI is InChI=1S/C14H20N2O3/c1-10(2)15-8-11(3)9-19-14-7-13(16(17)18)6-5-12(14)4/h5-7,10,15H,3,8-9H2,1-2,4H3. The molecular formula is C14H20N2O3. The smallest absolute Gasteiger partial charge is 0.273 e. The van der Waals surface area contributed by atoms with Crippen molar-refractivity contribution in [2.75, 3.05) is 13.2 Å². The molecule has 0 unspecified atom stereocenters. The quantitative estimate of drug-likeness (QED) is 0.467. The van der Waals surface area contributed by atoms with Gasteiger partial charge in [-0.05, 0) is 24.1 Å². The maximum Gasteiger partial charge on any atom is 0.273 e. The molecule has 0 atom stereocenters. The highest BCUT2D eigenvalue weighted by atomic mass is 16.6. The summed E-state index contributed by atoms with van der Waals surface area (Å²) in [4.78, 5) is 10.3. The van der Waals surface area contributed by atoms with Gasteiger partial charge in [0.1, 0.15) is 12.4 Å². The van der Waals surface area contributed by atoms with E-state index in [2.05, 4.69) is 25.7 Å². The molecule has 5 heteroatoms. The van der Waals surface area contributed by atoms with Gasteiger partial charge in [0.15, 0.2) is 0 Å². The van der Waals surface area contributed by atoms with E-state index in [4.69, 9.17) is 4.74 Å². The van der Waals surface area contributed by atoms with E-state index in [9.17, 15) is 10.1 Å². The average Bonchev–Trinajstić information content (AvgIpc) is 2.35. The summed E-state index contributed by atoms with van der Waals surface area (Å²) < 4.78 is 5.58. The van der Waals surface area contributed by atoms with Gasteiger partial charge in [0, 0.05) is 18.7 Å². The molecule has 0 aliphatic rings. The van der Waals surface area contributed by atoms with Crippen LogP contribution in [0.4, 0.5) is 5.69 Å². The van der Waals surface area contributed by atoms with Gasteiger partial charge in [-0.15, -0.1) is 0 Å². The first kappa shape index (κ1) is 15.2. The van der Waals surface area contributed by atoms with E-state index in [-0.39, 0.29) is 5.69 Å². The molecule has 5 nitrogen and oxygen atoms in total. The lowest BCUT2D eigenvalue weighted by Gasteiger charge is -2.13. The number of benzene rings is 1. The summed E-state index contributed by atoms with van der Waals surface area (Å²) in [7, 11) is 0. The number of nitrogens with zero attached hydrogens (tertiary/aromatic N) is 1. The second kappa shape index (κ2) is 6.89. The molecule has 0 bridgehead atoms. The van der Waals surface area contributed by atoms with Crippen molar-refractivity contribution >= 4 is 5.69 Å². The first-order valence-corrected chi connectivity index (χ1v) is 6.18. The van der Waals surface area contributed by atoms with Crippen molar-refractivity contribution in [3.8, 4) is 5.75 Å². The van der Waals surface area contributed by atoms with E-state index in [1.807, 2.05) is 6.92 Å². The minimum Gasteiger partial charge on any atom is -0.489 e. The van der Waals surface area contributed by atoms with Crippen molar-refractivity contribution in [1.29, 1.82) is 0 Å². The Morgan fingerprint density at radius 1 is 1.53 bits per heavy atom. The molecule has 0 amide bonds. The molecule has 19 heavy (non-hydrogen) atoms. The summed E-state index contributed by atoms with van der Waals surface area (Å²) in [5.41, 5.74) is 1.81. The summed E-state index contributed by atoms with van der Waals surface area (Å²) in [6.45, 7) is 10.9. The van der Waals surface area contributed by atoms with Gasteiger partial charge in [0.2, 0.25) is 0 Å². The van der Waals surface area contributed by atoms with Gasteiger partial charge in [0.05, 0.1) is 11.0 Å². The summed E-state index contributed by atoms with van der Waals surface area (Å²) in [5, 5.41) is 13.9. The third-order valence-corrected chi connectivity index (χ3v) is 2.57. The van der Waals surface area contributed by atoms with Crippen molar-refractivity contribution in [3.63, 3.8) is 0 Å². The highest BCUT2D eigenvalue weighted by Gasteiger charge is 2.09. The van der Waals surface area contributed by atoms with E-state index in [1.165, 1.54) is 12.1 Å². The van der Waals surface area contributed by atoms with Crippen molar-refractivity contribution in [3.05, 3.63) is 46.0 Å². The van der Waals surface area contributed by atoms with E-state index >= 15 is 0 Å². The molecule has 0 aliphatic carbocycles. The molecule has 0 saturated carbocycles. The van der Waals surface area contributed by atoms with Crippen LogP contribution in [0.5, 0.6) is 5.75 Å². The maximum absolute atomic E-state index is 10.7. The highest BCUT2D eigenvalue weighted by molar-refractivity contribution is 5.43. The zero-order valence-corrected chi connectivity index (χ0v) is 11.6. The van der Waals surface area contributed by atoms with Gasteiger partial charge in [-0.1, -0.05) is 20.4 Å². The van der Waals surface area contributed by atoms with Crippen LogP contribution in [0.15, 0.2) is 30.4 Å². The SMILES string of the molecule is C=C(CNC(C)C)COc1cc([N+](=O)[O-])ccc1C. The Morgan fingerprint density at radius 2 is 2.21 bits per heavy atom. The summed E-state index contributed by atoms with van der Waals surface area (Å²) >= 11 is 0. The number of hydrogen-bond acceptors (Lipinski definition) is 4. The molecular weight excluding hydrogens is 244 g/mol. The van der Waals surface area contributed by atoms with Gasteiger partial charge in [0.25, 0.3) is 5.69 Å². The van der Waals surface area contributed by atoms with Crippen LogP contribution in [0, 0.1) is 17.0 Å². The van der Waals surface area contributed by atoms with Gasteiger partial charge < -0.3 is 10.1 Å². The van der Waals surface area contributed by atoms with Crippen LogP contribution in [0.25, 0.3) is 0 Å². The van der Waals surface area contributed by atoms with Gasteiger partial charge in [-0.3, -0.25) is 10.1 Å². The molecule has 0 spiro atoms. The number of nitro benzene ring substituents is 1. The number of rotatable bonds is 7. The number of non-ortho nitro benzene ring substituents is 1. The molecule has 0 aromatic heterocycles. The lowest BCUT2D eigenvalue weighted by Crippen LogP contribution is -2.26. The lowest BCUT2D eigenvalue weighted by atomic mass is 10.2. The Morgan fingerprint density at radius 3 is 2.79 bits per heavy atom. The maximum atomic E-state index is 10.7. The Kier molecular flexibility index (Phi) is 5.51. The molecule has 1 aromatic rings. The number of hydrogen-bond donors (Lipinski definition) is 1. The monoisotopic (exact) mass is 264 g/mol. The Labute approximate surface area is 113 Å². The second-order valence-corrected chi connectivity index (χ2v) is 4.78. The van der Waals surface area contributed by atoms with E-state index in [0.29, 0.717) is 24.9 Å². The Balaban J connectivity index is 2.59. The average molecular weight is 264 g/mol. The van der Waals surface area contributed by atoms with Crippen LogP contribution >= 0.6 is 0 Å². The number of aryl methyl sites for hydroxylation is 1. The van der Waals surface area contributed by atoms with Gasteiger partial charge in [-0.25, -0.2) is 0 Å². The minimum atomic E-state index is -0.429. The van der Waals surface area contributed by atoms with Gasteiger partial charge in [-0.2, -0.15) is 0 Å². The largest absolute Gasteiger partial charge is 0.489 e. The van der Waals surface area contributed by atoms with E-state index < -0.39 is 4.92 Å². The Hall–Kier alpha value is -1.88. The van der Waals surface area contributed by atoms with Crippen LogP contribution in [-0.2, 0) is 0 Å². The highest BCUT2D eigenvalue weighted by Crippen LogP contribution is 2.24. The first-order chi connectivity index (χ1) is 8.90. The Bertz CT molecular complexity index is 470. The van der Waals surface area contributed by atoms with Crippen LogP contribution in [0.1, 0.15) is 19.4 Å². The van der Waals surface area contributed by atoms with Crippen molar-refractivity contribution in [2.24, 2.45) is 0 Å². The number of nitro groups is 1. The number of ether oxygens (including phenoxy) is 1. The molecule has 104 valence electrons. The molecule has 0 radical (unpaired) electrons. The van der Waals surface area contributed by atoms with Crippen molar-refractivity contribution in [1.82, 2.24) is 5.32 Å². The third kappa shape index (κ3) is 5.09. The fourth-order valence-corrected chi connectivity index (χ4v) is 1.44. The van der Waals surface area contributed by atoms with Gasteiger partial charge >= 0.3 is 0 Å². The second-order valence-electron chi connectivity index (χ2n) is 4.78. The number of nitrogens with one attached hydrogen (secondary N) is 1. The zero-order valence-electron chi connectivity index (χ0n) is 11.6.